The summed E-state index contributed by atoms with van der Waals surface area (Å²) in [7, 11) is 1.29. The molecule has 1 aromatic heterocycles. The van der Waals surface area contributed by atoms with Crippen LogP contribution in [0.4, 0.5) is 0 Å². The molecule has 0 unspecified atom stereocenters. The van der Waals surface area contributed by atoms with Crippen molar-refractivity contribution in [2.75, 3.05) is 7.11 Å². The van der Waals surface area contributed by atoms with Gasteiger partial charge in [0.1, 0.15) is 0 Å². The fourth-order valence-electron chi connectivity index (χ4n) is 1.25. The molecule has 5 heteroatoms. The fraction of sp³-hybridized carbons (Fsp3) is 0.500. The Kier molecular flexibility index (Phi) is 2.93. The van der Waals surface area contributed by atoms with E-state index >= 15 is 0 Å². The van der Waals surface area contributed by atoms with Crippen molar-refractivity contribution in [1.29, 1.82) is 0 Å². The Hall–Kier alpha value is -1.65. The van der Waals surface area contributed by atoms with Crippen LogP contribution in [0, 0.1) is 0 Å². The van der Waals surface area contributed by atoms with Crippen molar-refractivity contribution in [3.8, 4) is 0 Å². The van der Waals surface area contributed by atoms with E-state index in [9.17, 15) is 9.59 Å². The minimum Gasteiger partial charge on any atom is -0.465 e. The van der Waals surface area contributed by atoms with Gasteiger partial charge in [-0.25, -0.2) is 14.6 Å². The van der Waals surface area contributed by atoms with Crippen LogP contribution in [0.2, 0.25) is 0 Å². The molecule has 0 bridgehead atoms. The van der Waals surface area contributed by atoms with Gasteiger partial charge in [-0.15, -0.1) is 0 Å². The highest BCUT2D eigenvalue weighted by molar-refractivity contribution is 5.90. The normalized spacial score (nSPS) is 11.2. The molecule has 15 heavy (non-hydrogen) atoms. The minimum absolute atomic E-state index is 0.296. The number of ether oxygens (including phenoxy) is 1. The molecule has 0 spiro atoms. The van der Waals surface area contributed by atoms with Crippen molar-refractivity contribution in [2.24, 2.45) is 0 Å². The summed E-state index contributed by atoms with van der Waals surface area (Å²) in [5, 5.41) is 0. The zero-order chi connectivity index (χ0) is 11.6. The molecule has 0 aliphatic rings. The third kappa shape index (κ3) is 2.43. The molecule has 1 aromatic rings. The van der Waals surface area contributed by atoms with E-state index in [1.165, 1.54) is 13.3 Å². The van der Waals surface area contributed by atoms with Crippen LogP contribution in [0.3, 0.4) is 0 Å². The van der Waals surface area contributed by atoms with Crippen molar-refractivity contribution >= 4 is 5.97 Å². The first kappa shape index (κ1) is 11.4. The van der Waals surface area contributed by atoms with Crippen LogP contribution in [-0.4, -0.2) is 23.0 Å². The van der Waals surface area contributed by atoms with Gasteiger partial charge in [0.05, 0.1) is 12.7 Å². The summed E-state index contributed by atoms with van der Waals surface area (Å²) in [6.07, 6.45) is 1.24. The number of esters is 1. The molecule has 82 valence electrons. The summed E-state index contributed by atoms with van der Waals surface area (Å²) in [5.41, 5.74) is 0.0255. The zero-order valence-electron chi connectivity index (χ0n) is 9.25. The second-order valence-electron chi connectivity index (χ2n) is 4.22. The molecule has 0 aliphatic heterocycles. The molecule has 1 heterocycles. The number of carbonyl (C=O) groups is 1. The van der Waals surface area contributed by atoms with Gasteiger partial charge in [-0.05, 0) is 0 Å². The predicted octanol–water partition coefficient (Wildman–Crippen LogP) is 0.854. The third-order valence-corrected chi connectivity index (χ3v) is 1.97. The second-order valence-corrected chi connectivity index (χ2v) is 4.22. The van der Waals surface area contributed by atoms with Gasteiger partial charge in [-0.3, -0.25) is 0 Å². The number of hydrogen-bond acceptors (Lipinski definition) is 4. The van der Waals surface area contributed by atoms with Gasteiger partial charge in [0, 0.05) is 17.3 Å². The minimum atomic E-state index is -0.497. The molecule has 1 rings (SSSR count). The molecule has 1 N–H and O–H groups in total. The quantitative estimate of drug-likeness (QED) is 0.697. The van der Waals surface area contributed by atoms with Gasteiger partial charge in [-0.2, -0.15) is 0 Å². The van der Waals surface area contributed by atoms with Crippen molar-refractivity contribution < 1.29 is 9.53 Å². The van der Waals surface area contributed by atoms with Gasteiger partial charge in [-0.1, -0.05) is 20.8 Å². The average molecular weight is 210 g/mol. The molecule has 0 aliphatic carbocycles. The van der Waals surface area contributed by atoms with Crippen LogP contribution in [0.15, 0.2) is 11.0 Å². The number of aromatic amines is 1. The van der Waals surface area contributed by atoms with E-state index in [4.69, 9.17) is 0 Å². The summed E-state index contributed by atoms with van der Waals surface area (Å²) >= 11 is 0. The number of H-pyrrole nitrogens is 1. The standard InChI is InChI=1S/C10H14N2O3/c1-10(2,3)7-6(8(13)15-4)5-11-9(14)12-7/h5H,1-4H3,(H,11,12,14). The molecule has 0 saturated heterocycles. The summed E-state index contributed by atoms with van der Waals surface area (Å²) < 4.78 is 4.61. The lowest BCUT2D eigenvalue weighted by Crippen LogP contribution is -2.26. The predicted molar refractivity (Wildman–Crippen MR) is 54.9 cm³/mol. The highest BCUT2D eigenvalue weighted by Gasteiger charge is 2.23. The van der Waals surface area contributed by atoms with Crippen molar-refractivity contribution in [2.45, 2.75) is 26.2 Å². The van der Waals surface area contributed by atoms with E-state index in [2.05, 4.69) is 14.7 Å². The molecule has 0 aromatic carbocycles. The lowest BCUT2D eigenvalue weighted by molar-refractivity contribution is 0.0596. The summed E-state index contributed by atoms with van der Waals surface area (Å²) in [6.45, 7) is 5.68. The lowest BCUT2D eigenvalue weighted by atomic mass is 9.89. The Morgan fingerprint density at radius 1 is 1.47 bits per heavy atom. The zero-order valence-corrected chi connectivity index (χ0v) is 9.25. The van der Waals surface area contributed by atoms with Gasteiger partial charge in [0.2, 0.25) is 0 Å². The molecule has 5 nitrogen and oxygen atoms in total. The maximum absolute atomic E-state index is 11.4. The SMILES string of the molecule is COC(=O)c1cnc(=O)[nH]c1C(C)(C)C. The number of hydrogen-bond donors (Lipinski definition) is 1. The molecule has 0 amide bonds. The maximum Gasteiger partial charge on any atom is 0.345 e. The number of rotatable bonds is 1. The summed E-state index contributed by atoms with van der Waals surface area (Å²) in [6, 6.07) is 0. The molecular formula is C10H14N2O3. The average Bonchev–Trinajstić information content (AvgIpc) is 2.15. The molecule has 0 radical (unpaired) electrons. The van der Waals surface area contributed by atoms with Gasteiger partial charge < -0.3 is 9.72 Å². The van der Waals surface area contributed by atoms with E-state index in [-0.39, 0.29) is 5.41 Å². The number of methoxy groups -OCH3 is 1. The summed E-state index contributed by atoms with van der Waals surface area (Å²) in [5.74, 6) is -0.497. The van der Waals surface area contributed by atoms with E-state index in [1.54, 1.807) is 0 Å². The third-order valence-electron chi connectivity index (χ3n) is 1.97. The first-order valence-corrected chi connectivity index (χ1v) is 4.54. The lowest BCUT2D eigenvalue weighted by Gasteiger charge is -2.20. The van der Waals surface area contributed by atoms with E-state index in [0.29, 0.717) is 11.3 Å². The molecular weight excluding hydrogens is 196 g/mol. The van der Waals surface area contributed by atoms with E-state index < -0.39 is 11.7 Å². The number of nitrogens with one attached hydrogen (secondary N) is 1. The fourth-order valence-corrected chi connectivity index (χ4v) is 1.25. The van der Waals surface area contributed by atoms with Gasteiger partial charge >= 0.3 is 11.7 Å². The Balaban J connectivity index is 3.40. The Labute approximate surface area is 87.5 Å². The van der Waals surface area contributed by atoms with Crippen LogP contribution in [-0.2, 0) is 10.2 Å². The molecule has 0 saturated carbocycles. The number of carbonyl (C=O) groups excluding carboxylic acids is 1. The van der Waals surface area contributed by atoms with Gasteiger partial charge in [0.25, 0.3) is 0 Å². The van der Waals surface area contributed by atoms with Crippen LogP contribution < -0.4 is 5.69 Å². The second kappa shape index (κ2) is 3.84. The van der Waals surface area contributed by atoms with Crippen molar-refractivity contribution in [1.82, 2.24) is 9.97 Å². The van der Waals surface area contributed by atoms with Crippen LogP contribution >= 0.6 is 0 Å². The Bertz CT molecular complexity index is 429. The number of nitrogens with zero attached hydrogens (tertiary/aromatic N) is 1. The molecule has 0 fully saturated rings. The first-order chi connectivity index (χ1) is 6.86. The van der Waals surface area contributed by atoms with Crippen molar-refractivity contribution in [3.05, 3.63) is 27.9 Å². The highest BCUT2D eigenvalue weighted by atomic mass is 16.5. The van der Waals surface area contributed by atoms with Crippen LogP contribution in [0.1, 0.15) is 36.8 Å². The Morgan fingerprint density at radius 2 is 2.07 bits per heavy atom. The highest BCUT2D eigenvalue weighted by Crippen LogP contribution is 2.22. The maximum atomic E-state index is 11.4. The van der Waals surface area contributed by atoms with Crippen LogP contribution in [0.5, 0.6) is 0 Å². The summed E-state index contributed by atoms with van der Waals surface area (Å²) in [4.78, 5) is 28.6. The Morgan fingerprint density at radius 3 is 2.53 bits per heavy atom. The van der Waals surface area contributed by atoms with Crippen molar-refractivity contribution in [3.63, 3.8) is 0 Å². The molecule has 0 atom stereocenters. The van der Waals surface area contributed by atoms with Gasteiger partial charge in [0.15, 0.2) is 0 Å². The monoisotopic (exact) mass is 210 g/mol. The first-order valence-electron chi connectivity index (χ1n) is 4.54. The van der Waals surface area contributed by atoms with E-state index in [1.807, 2.05) is 20.8 Å². The van der Waals surface area contributed by atoms with Crippen LogP contribution in [0.25, 0.3) is 0 Å². The number of aromatic nitrogens is 2. The largest absolute Gasteiger partial charge is 0.465 e. The smallest absolute Gasteiger partial charge is 0.345 e. The van der Waals surface area contributed by atoms with E-state index in [0.717, 1.165) is 0 Å². The topological polar surface area (TPSA) is 72.0 Å².